The van der Waals surface area contributed by atoms with Crippen LogP contribution >= 0.6 is 11.6 Å². The number of furan rings is 1. The topological polar surface area (TPSA) is 72.1 Å². The standard InChI is InChI=1S/C22H19ClN2O4/c1-28-17-8-6-14(23)10-16(17)18-9-7-15(29-18)11-24-25-21(26)19-12-2-3-13(5-4-12)20(19)22(25)27/h2-3,6-13,19-20H,4-5H2,1H3/b24-11-/t12-,13-,19-,20-/m0/s1. The van der Waals surface area contributed by atoms with E-state index in [2.05, 4.69) is 17.3 Å². The third-order valence-electron chi connectivity index (χ3n) is 6.09. The SMILES string of the molecule is COc1ccc(Cl)cc1-c1ccc(/C=N\N2C(=O)[C@@H]3[C@@H](C2=O)[C@H]2C=C[C@H]3CC2)o1. The molecule has 4 aliphatic rings. The molecule has 3 aliphatic carbocycles. The number of allylic oxidation sites excluding steroid dienone is 2. The maximum atomic E-state index is 12.8. The van der Waals surface area contributed by atoms with Crippen LogP contribution in [0, 0.1) is 23.7 Å². The summed E-state index contributed by atoms with van der Waals surface area (Å²) < 4.78 is 11.2. The fourth-order valence-electron chi connectivity index (χ4n) is 4.73. The van der Waals surface area contributed by atoms with Crippen molar-refractivity contribution in [3.63, 3.8) is 0 Å². The summed E-state index contributed by atoms with van der Waals surface area (Å²) in [5.41, 5.74) is 0.710. The Morgan fingerprint density at radius 1 is 1.10 bits per heavy atom. The number of imide groups is 1. The molecular weight excluding hydrogens is 392 g/mol. The van der Waals surface area contributed by atoms with Crippen LogP contribution in [0.2, 0.25) is 5.02 Å². The van der Waals surface area contributed by atoms with Crippen molar-refractivity contribution in [2.24, 2.45) is 28.8 Å². The van der Waals surface area contributed by atoms with E-state index < -0.39 is 0 Å². The molecule has 2 bridgehead atoms. The first-order chi connectivity index (χ1) is 14.1. The van der Waals surface area contributed by atoms with Gasteiger partial charge in [-0.1, -0.05) is 23.8 Å². The minimum Gasteiger partial charge on any atom is -0.496 e. The Hall–Kier alpha value is -2.86. The van der Waals surface area contributed by atoms with E-state index in [4.69, 9.17) is 20.8 Å². The van der Waals surface area contributed by atoms with Crippen LogP contribution in [0.3, 0.4) is 0 Å². The summed E-state index contributed by atoms with van der Waals surface area (Å²) in [4.78, 5) is 25.6. The lowest BCUT2D eigenvalue weighted by Gasteiger charge is -2.37. The van der Waals surface area contributed by atoms with Crippen molar-refractivity contribution < 1.29 is 18.7 Å². The molecule has 6 nitrogen and oxygen atoms in total. The van der Waals surface area contributed by atoms with E-state index in [-0.39, 0.29) is 35.5 Å². The van der Waals surface area contributed by atoms with E-state index in [1.165, 1.54) is 6.21 Å². The lowest BCUT2D eigenvalue weighted by molar-refractivity contribution is -0.140. The third-order valence-corrected chi connectivity index (χ3v) is 6.33. The van der Waals surface area contributed by atoms with Gasteiger partial charge in [0.25, 0.3) is 11.8 Å². The van der Waals surface area contributed by atoms with Crippen LogP contribution in [0.4, 0.5) is 0 Å². The van der Waals surface area contributed by atoms with Gasteiger partial charge in [-0.15, -0.1) is 0 Å². The van der Waals surface area contributed by atoms with Gasteiger partial charge in [-0.05, 0) is 55.0 Å². The average Bonchev–Trinajstić information content (AvgIpc) is 3.32. The molecule has 1 aromatic carbocycles. The van der Waals surface area contributed by atoms with Gasteiger partial charge in [0.1, 0.15) is 17.3 Å². The second kappa shape index (κ2) is 6.88. The molecule has 7 heteroatoms. The molecule has 0 radical (unpaired) electrons. The summed E-state index contributed by atoms with van der Waals surface area (Å²) in [6.07, 6.45) is 7.50. The van der Waals surface area contributed by atoms with E-state index in [1.807, 2.05) is 0 Å². The van der Waals surface area contributed by atoms with E-state index in [9.17, 15) is 9.59 Å². The molecule has 2 fully saturated rings. The van der Waals surface area contributed by atoms with Crippen LogP contribution in [0.5, 0.6) is 5.75 Å². The molecular formula is C22H19ClN2O4. The highest BCUT2D eigenvalue weighted by molar-refractivity contribution is 6.31. The number of carbonyl (C=O) groups is 2. The lowest BCUT2D eigenvalue weighted by atomic mass is 9.63. The van der Waals surface area contributed by atoms with E-state index in [0.29, 0.717) is 27.9 Å². The van der Waals surface area contributed by atoms with Crippen molar-refractivity contribution in [2.45, 2.75) is 12.8 Å². The van der Waals surface area contributed by atoms with Gasteiger partial charge in [0.2, 0.25) is 0 Å². The van der Waals surface area contributed by atoms with Crippen molar-refractivity contribution in [2.75, 3.05) is 7.11 Å². The van der Waals surface area contributed by atoms with Gasteiger partial charge in [0.05, 0.1) is 30.7 Å². The van der Waals surface area contributed by atoms with Crippen molar-refractivity contribution in [1.82, 2.24) is 5.01 Å². The van der Waals surface area contributed by atoms with Gasteiger partial charge in [0, 0.05) is 5.02 Å². The van der Waals surface area contributed by atoms with Crippen LogP contribution in [0.25, 0.3) is 11.3 Å². The zero-order chi connectivity index (χ0) is 20.1. The minimum atomic E-state index is -0.272. The highest BCUT2D eigenvalue weighted by atomic mass is 35.5. The first-order valence-corrected chi connectivity index (χ1v) is 9.98. The van der Waals surface area contributed by atoms with Crippen LogP contribution in [0.15, 0.2) is 52.0 Å². The highest BCUT2D eigenvalue weighted by Gasteiger charge is 2.56. The fourth-order valence-corrected chi connectivity index (χ4v) is 4.90. The van der Waals surface area contributed by atoms with Crippen molar-refractivity contribution in [3.05, 3.63) is 53.3 Å². The van der Waals surface area contributed by atoms with Gasteiger partial charge >= 0.3 is 0 Å². The van der Waals surface area contributed by atoms with Crippen molar-refractivity contribution in [3.8, 4) is 17.1 Å². The van der Waals surface area contributed by atoms with Gasteiger partial charge in [-0.3, -0.25) is 9.59 Å². The number of hydrogen-bond donors (Lipinski definition) is 0. The highest BCUT2D eigenvalue weighted by Crippen LogP contribution is 2.49. The predicted octanol–water partition coefficient (Wildman–Crippen LogP) is 4.14. The Morgan fingerprint density at radius 3 is 2.41 bits per heavy atom. The fraction of sp³-hybridized carbons (Fsp3) is 0.318. The zero-order valence-corrected chi connectivity index (χ0v) is 16.5. The van der Waals surface area contributed by atoms with Crippen LogP contribution in [-0.2, 0) is 9.59 Å². The zero-order valence-electron chi connectivity index (χ0n) is 15.7. The summed E-state index contributed by atoms with van der Waals surface area (Å²) in [7, 11) is 1.57. The maximum Gasteiger partial charge on any atom is 0.254 e. The monoisotopic (exact) mass is 410 g/mol. The number of nitrogens with zero attached hydrogens (tertiary/aromatic N) is 2. The van der Waals surface area contributed by atoms with Crippen molar-refractivity contribution in [1.29, 1.82) is 0 Å². The predicted molar refractivity (Wildman–Crippen MR) is 107 cm³/mol. The molecule has 1 saturated heterocycles. The van der Waals surface area contributed by atoms with E-state index in [1.54, 1.807) is 37.4 Å². The Kier molecular flexibility index (Phi) is 4.32. The number of hydrogen-bond acceptors (Lipinski definition) is 5. The molecule has 1 aliphatic heterocycles. The molecule has 0 unspecified atom stereocenters. The summed E-state index contributed by atoms with van der Waals surface area (Å²) in [5, 5.41) is 5.76. The number of carbonyl (C=O) groups excluding carboxylic acids is 2. The largest absolute Gasteiger partial charge is 0.496 e. The first kappa shape index (κ1) is 18.2. The van der Waals surface area contributed by atoms with Gasteiger partial charge in [-0.25, -0.2) is 0 Å². The minimum absolute atomic E-state index is 0.146. The summed E-state index contributed by atoms with van der Waals surface area (Å²) in [5.74, 6) is 0.942. The molecule has 1 saturated carbocycles. The lowest BCUT2D eigenvalue weighted by Crippen LogP contribution is -2.38. The average molecular weight is 411 g/mol. The number of rotatable bonds is 4. The van der Waals surface area contributed by atoms with E-state index >= 15 is 0 Å². The number of benzene rings is 1. The number of halogens is 1. The van der Waals surface area contributed by atoms with Crippen molar-refractivity contribution >= 4 is 29.6 Å². The van der Waals surface area contributed by atoms with Crippen LogP contribution < -0.4 is 4.74 Å². The first-order valence-electron chi connectivity index (χ1n) is 9.60. The Balaban J connectivity index is 1.39. The van der Waals surface area contributed by atoms with Gasteiger partial charge in [-0.2, -0.15) is 10.1 Å². The number of methoxy groups -OCH3 is 1. The maximum absolute atomic E-state index is 12.8. The Bertz CT molecular complexity index is 1020. The van der Waals surface area contributed by atoms with Crippen LogP contribution in [-0.4, -0.2) is 30.1 Å². The molecule has 2 aromatic rings. The Labute approximate surface area is 172 Å². The second-order valence-corrected chi connectivity index (χ2v) is 8.06. The van der Waals surface area contributed by atoms with Crippen LogP contribution in [0.1, 0.15) is 18.6 Å². The molecule has 0 spiro atoms. The smallest absolute Gasteiger partial charge is 0.254 e. The summed E-state index contributed by atoms with van der Waals surface area (Å²) in [6.45, 7) is 0. The molecule has 29 heavy (non-hydrogen) atoms. The number of hydrazone groups is 1. The molecule has 148 valence electrons. The second-order valence-electron chi connectivity index (χ2n) is 7.62. The molecule has 2 amide bonds. The summed E-state index contributed by atoms with van der Waals surface area (Å²) in [6, 6.07) is 8.75. The molecule has 6 rings (SSSR count). The molecule has 1 aromatic heterocycles. The quantitative estimate of drug-likeness (QED) is 0.431. The third kappa shape index (κ3) is 2.90. The molecule has 2 heterocycles. The molecule has 4 atom stereocenters. The van der Waals surface area contributed by atoms with E-state index in [0.717, 1.165) is 17.9 Å². The van der Waals surface area contributed by atoms with Gasteiger partial charge in [0.15, 0.2) is 0 Å². The normalized spacial score (nSPS) is 27.9. The number of amides is 2. The summed E-state index contributed by atoms with van der Waals surface area (Å²) >= 11 is 6.09. The number of fused-ring (bicyclic) bond motifs is 1. The molecule has 0 N–H and O–H groups in total. The van der Waals surface area contributed by atoms with Gasteiger partial charge < -0.3 is 9.15 Å². The Morgan fingerprint density at radius 2 is 1.79 bits per heavy atom. The number of ether oxygens (including phenoxy) is 1.